The number of hydrogen-bond acceptors (Lipinski definition) is 6. The summed E-state index contributed by atoms with van der Waals surface area (Å²) in [5.74, 6) is -2.49. The van der Waals surface area contributed by atoms with Crippen LogP contribution in [0.5, 0.6) is 11.5 Å². The third kappa shape index (κ3) is 4.36. The molecule has 3 aromatic rings. The molecule has 0 aliphatic carbocycles. The SMILES string of the molecule is C#Cc1c(F)ccc(Nc2ncnc3cc(OC)c(O[C@@H]4CCN(C)CC4(F)F)cc23)c1F. The third-order valence-electron chi connectivity index (χ3n) is 5.40. The van der Waals surface area contributed by atoms with Crippen molar-refractivity contribution >= 4 is 22.4 Å². The van der Waals surface area contributed by atoms with E-state index in [1.165, 1.54) is 36.5 Å². The van der Waals surface area contributed by atoms with Crippen molar-refractivity contribution in [2.45, 2.75) is 18.4 Å². The lowest BCUT2D eigenvalue weighted by Gasteiger charge is -2.36. The molecule has 1 N–H and O–H groups in total. The summed E-state index contributed by atoms with van der Waals surface area (Å²) < 4.78 is 68.4. The van der Waals surface area contributed by atoms with Gasteiger partial charge in [-0.25, -0.2) is 27.5 Å². The number of piperidine rings is 1. The number of hydrogen-bond donors (Lipinski definition) is 1. The van der Waals surface area contributed by atoms with E-state index in [0.29, 0.717) is 17.4 Å². The van der Waals surface area contributed by atoms with Crippen molar-refractivity contribution in [2.75, 3.05) is 32.6 Å². The van der Waals surface area contributed by atoms with E-state index in [4.69, 9.17) is 15.9 Å². The molecule has 4 rings (SSSR count). The first-order valence-electron chi connectivity index (χ1n) is 10.0. The largest absolute Gasteiger partial charge is 0.493 e. The number of ether oxygens (including phenoxy) is 2. The number of methoxy groups -OCH3 is 1. The molecular weight excluding hydrogens is 440 g/mol. The minimum atomic E-state index is -3.07. The maximum atomic E-state index is 14.6. The molecule has 0 saturated carbocycles. The molecule has 2 heterocycles. The van der Waals surface area contributed by atoms with Gasteiger partial charge in [0.15, 0.2) is 23.4 Å². The monoisotopic (exact) mass is 460 g/mol. The number of fused-ring (bicyclic) bond motifs is 1. The van der Waals surface area contributed by atoms with Crippen LogP contribution < -0.4 is 14.8 Å². The molecule has 0 bridgehead atoms. The van der Waals surface area contributed by atoms with E-state index in [2.05, 4.69) is 15.3 Å². The summed E-state index contributed by atoms with van der Waals surface area (Å²) in [5, 5.41) is 3.12. The smallest absolute Gasteiger partial charge is 0.296 e. The van der Waals surface area contributed by atoms with Crippen molar-refractivity contribution < 1.29 is 27.0 Å². The van der Waals surface area contributed by atoms with Gasteiger partial charge in [-0.15, -0.1) is 6.42 Å². The maximum Gasteiger partial charge on any atom is 0.296 e. The van der Waals surface area contributed by atoms with Crippen LogP contribution in [-0.4, -0.2) is 54.1 Å². The molecular formula is C23H20F4N4O2. The molecule has 6 nitrogen and oxygen atoms in total. The Morgan fingerprint density at radius 2 is 2.00 bits per heavy atom. The molecule has 10 heteroatoms. The molecule has 1 aliphatic heterocycles. The molecule has 172 valence electrons. The molecule has 1 aliphatic rings. The van der Waals surface area contributed by atoms with Gasteiger partial charge in [0.05, 0.1) is 30.4 Å². The van der Waals surface area contributed by atoms with Crippen LogP contribution in [0.25, 0.3) is 10.9 Å². The first kappa shape index (κ1) is 22.6. The second kappa shape index (κ2) is 8.75. The van der Waals surface area contributed by atoms with Gasteiger partial charge in [0, 0.05) is 24.4 Å². The molecule has 1 atom stereocenters. The van der Waals surface area contributed by atoms with Crippen molar-refractivity contribution in [2.24, 2.45) is 0 Å². The first-order chi connectivity index (χ1) is 15.7. The van der Waals surface area contributed by atoms with Crippen LogP contribution >= 0.6 is 0 Å². The van der Waals surface area contributed by atoms with Gasteiger partial charge in [-0.2, -0.15) is 0 Å². The van der Waals surface area contributed by atoms with Gasteiger partial charge in [0.2, 0.25) is 0 Å². The Bertz CT molecular complexity index is 1250. The predicted molar refractivity (Wildman–Crippen MR) is 115 cm³/mol. The van der Waals surface area contributed by atoms with Crippen molar-refractivity contribution in [3.63, 3.8) is 0 Å². The Hall–Kier alpha value is -3.58. The number of aromatic nitrogens is 2. The fourth-order valence-electron chi connectivity index (χ4n) is 3.71. The van der Waals surface area contributed by atoms with Crippen LogP contribution in [0.2, 0.25) is 0 Å². The third-order valence-corrected chi connectivity index (χ3v) is 5.40. The van der Waals surface area contributed by atoms with Crippen LogP contribution in [-0.2, 0) is 0 Å². The summed E-state index contributed by atoms with van der Waals surface area (Å²) in [6.45, 7) is 0.0261. The Kier molecular flexibility index (Phi) is 5.99. The normalized spacial score (nSPS) is 18.0. The molecule has 1 fully saturated rings. The quantitative estimate of drug-likeness (QED) is 0.451. The molecule has 0 spiro atoms. The molecule has 0 amide bonds. The second-order valence-corrected chi connectivity index (χ2v) is 7.69. The maximum absolute atomic E-state index is 14.6. The standard InChI is InChI=1S/C23H20F4N4O2/c1-4-13-15(24)5-6-16(21(13)25)30-22-14-9-19(18(32-3)10-17(14)28-12-29-22)33-20-7-8-31(2)11-23(20,26)27/h1,5-6,9-10,12,20H,7-8,11H2,2-3H3,(H,28,29,30)/t20-/m1/s1. The Morgan fingerprint density at radius 1 is 1.21 bits per heavy atom. The van der Waals surface area contributed by atoms with Crippen molar-refractivity contribution in [1.29, 1.82) is 0 Å². The highest BCUT2D eigenvalue weighted by Crippen LogP contribution is 2.38. The van der Waals surface area contributed by atoms with E-state index in [1.54, 1.807) is 7.05 Å². The Morgan fingerprint density at radius 3 is 2.70 bits per heavy atom. The zero-order valence-corrected chi connectivity index (χ0v) is 17.8. The van der Waals surface area contributed by atoms with Crippen LogP contribution in [0.3, 0.4) is 0 Å². The Balaban J connectivity index is 1.74. The number of halogens is 4. The first-order valence-corrected chi connectivity index (χ1v) is 10.0. The van der Waals surface area contributed by atoms with Crippen LogP contribution in [0.1, 0.15) is 12.0 Å². The summed E-state index contributed by atoms with van der Waals surface area (Å²) in [5.41, 5.74) is -0.232. The lowest BCUT2D eigenvalue weighted by atomic mass is 10.0. The van der Waals surface area contributed by atoms with Crippen molar-refractivity contribution in [3.05, 3.63) is 47.8 Å². The number of benzene rings is 2. The highest BCUT2D eigenvalue weighted by Gasteiger charge is 2.45. The van der Waals surface area contributed by atoms with Gasteiger partial charge in [0.25, 0.3) is 5.92 Å². The molecule has 2 aromatic carbocycles. The van der Waals surface area contributed by atoms with Gasteiger partial charge in [0.1, 0.15) is 18.0 Å². The number of alkyl halides is 2. The molecule has 1 aromatic heterocycles. The van der Waals surface area contributed by atoms with Gasteiger partial charge in [-0.3, -0.25) is 0 Å². The lowest BCUT2D eigenvalue weighted by molar-refractivity contribution is -0.135. The lowest BCUT2D eigenvalue weighted by Crippen LogP contribution is -2.52. The summed E-state index contributed by atoms with van der Waals surface area (Å²) in [6.07, 6.45) is 5.20. The highest BCUT2D eigenvalue weighted by atomic mass is 19.3. The number of nitrogens with zero attached hydrogens (tertiary/aromatic N) is 3. The van der Waals surface area contributed by atoms with Gasteiger partial charge >= 0.3 is 0 Å². The topological polar surface area (TPSA) is 59.5 Å². The van der Waals surface area contributed by atoms with Gasteiger partial charge in [-0.05, 0) is 25.2 Å². The highest BCUT2D eigenvalue weighted by molar-refractivity contribution is 5.93. The summed E-state index contributed by atoms with van der Waals surface area (Å²) in [7, 11) is 3.01. The number of anilines is 2. The summed E-state index contributed by atoms with van der Waals surface area (Å²) in [6, 6.07) is 5.18. The van der Waals surface area contributed by atoms with E-state index >= 15 is 0 Å². The molecule has 1 saturated heterocycles. The number of rotatable bonds is 5. The predicted octanol–water partition coefficient (Wildman–Crippen LogP) is 4.36. The van der Waals surface area contributed by atoms with E-state index in [9.17, 15) is 17.6 Å². The van der Waals surface area contributed by atoms with Gasteiger partial charge in [-0.1, -0.05) is 5.92 Å². The molecule has 33 heavy (non-hydrogen) atoms. The number of nitrogens with one attached hydrogen (secondary N) is 1. The van der Waals surface area contributed by atoms with E-state index in [1.807, 2.05) is 5.92 Å². The van der Waals surface area contributed by atoms with E-state index < -0.39 is 35.8 Å². The number of terminal acetylenes is 1. The van der Waals surface area contributed by atoms with Crippen LogP contribution in [0.4, 0.5) is 29.1 Å². The summed E-state index contributed by atoms with van der Waals surface area (Å²) >= 11 is 0. The fourth-order valence-corrected chi connectivity index (χ4v) is 3.71. The summed E-state index contributed by atoms with van der Waals surface area (Å²) in [4.78, 5) is 9.82. The number of likely N-dealkylation sites (tertiary alicyclic amines) is 1. The van der Waals surface area contributed by atoms with E-state index in [0.717, 1.165) is 6.07 Å². The zero-order chi connectivity index (χ0) is 23.8. The molecule has 0 unspecified atom stereocenters. The van der Waals surface area contributed by atoms with Crippen LogP contribution in [0.15, 0.2) is 30.6 Å². The minimum Gasteiger partial charge on any atom is -0.493 e. The van der Waals surface area contributed by atoms with Crippen molar-refractivity contribution in [1.82, 2.24) is 14.9 Å². The minimum absolute atomic E-state index is 0.0703. The van der Waals surface area contributed by atoms with E-state index in [-0.39, 0.29) is 29.4 Å². The fraction of sp³-hybridized carbons (Fsp3) is 0.304. The van der Waals surface area contributed by atoms with Crippen LogP contribution in [0, 0.1) is 24.0 Å². The second-order valence-electron chi connectivity index (χ2n) is 7.69. The average Bonchev–Trinajstić information content (AvgIpc) is 2.77. The zero-order valence-electron chi connectivity index (χ0n) is 17.8. The molecule has 0 radical (unpaired) electrons. The van der Waals surface area contributed by atoms with Gasteiger partial charge < -0.3 is 19.7 Å². The van der Waals surface area contributed by atoms with Crippen molar-refractivity contribution in [3.8, 4) is 23.8 Å². The Labute approximate surface area is 187 Å². The average molecular weight is 460 g/mol.